The van der Waals surface area contributed by atoms with E-state index in [9.17, 15) is 0 Å². The second kappa shape index (κ2) is 14.1. The number of methoxy groups -OCH3 is 2. The number of hydrogen-bond acceptors (Lipinski definition) is 2. The van der Waals surface area contributed by atoms with Gasteiger partial charge in [-0.15, -0.1) is 0 Å². The molecule has 0 heterocycles. The largest absolute Gasteiger partial charge is 0.496 e. The Morgan fingerprint density at radius 1 is 0.469 bits per heavy atom. The predicted octanol–water partition coefficient (Wildman–Crippen LogP) is 8.03. The minimum absolute atomic E-state index is 0.873. The van der Waals surface area contributed by atoms with Crippen molar-refractivity contribution in [2.75, 3.05) is 14.2 Å². The second-order valence-corrected chi connectivity index (χ2v) is 6.62. The van der Waals surface area contributed by atoms with E-state index < -0.39 is 0 Å². The normalized spacial score (nSPS) is 9.19. The van der Waals surface area contributed by atoms with Crippen LogP contribution >= 0.6 is 0 Å². The van der Waals surface area contributed by atoms with Gasteiger partial charge in [0.25, 0.3) is 0 Å². The Bertz CT molecular complexity index is 981. The standard InChI is InChI=1S/C12H10.2C9H10O/c1-3-7-11(8-4-1)12-9-5-2-6-10-12;2*1-3-8-6-4-5-7-9(8)10-2/h1-10H;2*3-7H,1H2,2H3. The van der Waals surface area contributed by atoms with Crippen LogP contribution in [0.2, 0.25) is 0 Å². The summed E-state index contributed by atoms with van der Waals surface area (Å²) in [7, 11) is 3.31. The number of hydrogen-bond donors (Lipinski definition) is 0. The number of para-hydroxylation sites is 2. The lowest BCUT2D eigenvalue weighted by atomic mass is 10.1. The molecule has 0 saturated carbocycles. The van der Waals surface area contributed by atoms with Crippen molar-refractivity contribution in [1.29, 1.82) is 0 Å². The van der Waals surface area contributed by atoms with Gasteiger partial charge in [0.05, 0.1) is 14.2 Å². The van der Waals surface area contributed by atoms with Crippen LogP contribution in [-0.4, -0.2) is 14.2 Å². The molecule has 0 radical (unpaired) electrons. The van der Waals surface area contributed by atoms with Crippen LogP contribution in [0, 0.1) is 0 Å². The average molecular weight is 423 g/mol. The fourth-order valence-electron chi connectivity index (χ4n) is 2.93. The topological polar surface area (TPSA) is 18.5 Å². The van der Waals surface area contributed by atoms with Crippen molar-refractivity contribution in [1.82, 2.24) is 0 Å². The van der Waals surface area contributed by atoms with Crippen molar-refractivity contribution < 1.29 is 9.47 Å². The minimum atomic E-state index is 0.873. The van der Waals surface area contributed by atoms with Crippen LogP contribution in [0.3, 0.4) is 0 Å². The van der Waals surface area contributed by atoms with Gasteiger partial charge in [-0.25, -0.2) is 0 Å². The van der Waals surface area contributed by atoms with Gasteiger partial charge in [0, 0.05) is 11.1 Å². The Kier molecular flexibility index (Phi) is 10.6. The fraction of sp³-hybridized carbons (Fsp3) is 0.0667. The van der Waals surface area contributed by atoms with Gasteiger partial charge in [-0.1, -0.05) is 122 Å². The highest BCUT2D eigenvalue weighted by atomic mass is 16.5. The van der Waals surface area contributed by atoms with Gasteiger partial charge in [0.15, 0.2) is 0 Å². The quantitative estimate of drug-likeness (QED) is 0.324. The molecule has 32 heavy (non-hydrogen) atoms. The van der Waals surface area contributed by atoms with Crippen LogP contribution in [0.15, 0.2) is 122 Å². The molecule has 2 heteroatoms. The van der Waals surface area contributed by atoms with Gasteiger partial charge < -0.3 is 9.47 Å². The predicted molar refractivity (Wildman–Crippen MR) is 138 cm³/mol. The van der Waals surface area contributed by atoms with E-state index in [0.717, 1.165) is 22.6 Å². The van der Waals surface area contributed by atoms with Crippen LogP contribution in [0.1, 0.15) is 11.1 Å². The van der Waals surface area contributed by atoms with Crippen molar-refractivity contribution >= 4 is 12.2 Å². The molecule has 0 N–H and O–H groups in total. The van der Waals surface area contributed by atoms with Crippen molar-refractivity contribution in [2.24, 2.45) is 0 Å². The second-order valence-electron chi connectivity index (χ2n) is 6.62. The minimum Gasteiger partial charge on any atom is -0.496 e. The summed E-state index contributed by atoms with van der Waals surface area (Å²) in [5.74, 6) is 1.75. The van der Waals surface area contributed by atoms with Gasteiger partial charge >= 0.3 is 0 Å². The van der Waals surface area contributed by atoms with Crippen LogP contribution in [0.4, 0.5) is 0 Å². The summed E-state index contributed by atoms with van der Waals surface area (Å²) in [4.78, 5) is 0. The molecule has 0 fully saturated rings. The third-order valence-electron chi connectivity index (χ3n) is 4.60. The summed E-state index contributed by atoms with van der Waals surface area (Å²) in [5, 5.41) is 0. The van der Waals surface area contributed by atoms with E-state index in [1.165, 1.54) is 11.1 Å². The lowest BCUT2D eigenvalue weighted by Crippen LogP contribution is -1.84. The zero-order valence-corrected chi connectivity index (χ0v) is 18.8. The summed E-state index contributed by atoms with van der Waals surface area (Å²) >= 11 is 0. The summed E-state index contributed by atoms with van der Waals surface area (Å²) < 4.78 is 10.1. The van der Waals surface area contributed by atoms with Crippen LogP contribution in [-0.2, 0) is 0 Å². The monoisotopic (exact) mass is 422 g/mol. The van der Waals surface area contributed by atoms with Gasteiger partial charge in [0.2, 0.25) is 0 Å². The smallest absolute Gasteiger partial charge is 0.126 e. The van der Waals surface area contributed by atoms with E-state index in [2.05, 4.69) is 61.7 Å². The molecule has 0 aromatic heterocycles. The molecule has 0 aliphatic rings. The Balaban J connectivity index is 0.000000171. The molecule has 0 bridgehead atoms. The molecule has 2 nitrogen and oxygen atoms in total. The Morgan fingerprint density at radius 3 is 1.06 bits per heavy atom. The average Bonchev–Trinajstić information content (AvgIpc) is 2.90. The molecular weight excluding hydrogens is 392 g/mol. The lowest BCUT2D eigenvalue weighted by molar-refractivity contribution is 0.414. The molecular formula is C30H30O2. The Labute approximate surface area is 192 Å². The Morgan fingerprint density at radius 2 is 0.781 bits per heavy atom. The molecule has 4 aromatic carbocycles. The fourth-order valence-corrected chi connectivity index (χ4v) is 2.93. The first kappa shape index (κ1) is 24.2. The first-order valence-corrected chi connectivity index (χ1v) is 10.3. The van der Waals surface area contributed by atoms with Crippen molar-refractivity contribution in [2.45, 2.75) is 0 Å². The molecule has 0 unspecified atom stereocenters. The maximum Gasteiger partial charge on any atom is 0.126 e. The van der Waals surface area contributed by atoms with Gasteiger partial charge in [-0.05, 0) is 23.3 Å². The van der Waals surface area contributed by atoms with Crippen LogP contribution in [0.25, 0.3) is 23.3 Å². The number of ether oxygens (including phenoxy) is 2. The van der Waals surface area contributed by atoms with Crippen LogP contribution < -0.4 is 9.47 Å². The molecule has 162 valence electrons. The number of benzene rings is 4. The van der Waals surface area contributed by atoms with E-state index in [1.54, 1.807) is 26.4 Å². The van der Waals surface area contributed by atoms with Crippen molar-refractivity contribution in [3.05, 3.63) is 133 Å². The maximum absolute atomic E-state index is 5.06. The summed E-state index contributed by atoms with van der Waals surface area (Å²) in [6, 6.07) is 36.3. The third kappa shape index (κ3) is 7.66. The lowest BCUT2D eigenvalue weighted by Gasteiger charge is -2.01. The molecule has 0 atom stereocenters. The molecule has 0 saturated heterocycles. The van der Waals surface area contributed by atoms with Gasteiger partial charge in [0.1, 0.15) is 11.5 Å². The van der Waals surface area contributed by atoms with Crippen molar-refractivity contribution in [3.8, 4) is 22.6 Å². The van der Waals surface area contributed by atoms with Crippen molar-refractivity contribution in [3.63, 3.8) is 0 Å². The van der Waals surface area contributed by atoms with E-state index in [1.807, 2.05) is 60.7 Å². The summed E-state index contributed by atoms with van der Waals surface area (Å²) in [6.45, 7) is 7.32. The molecule has 4 aromatic rings. The van der Waals surface area contributed by atoms with E-state index >= 15 is 0 Å². The van der Waals surface area contributed by atoms with Crippen LogP contribution in [0.5, 0.6) is 11.5 Å². The third-order valence-corrected chi connectivity index (χ3v) is 4.60. The zero-order valence-electron chi connectivity index (χ0n) is 18.8. The van der Waals surface area contributed by atoms with E-state index in [4.69, 9.17) is 9.47 Å². The van der Waals surface area contributed by atoms with Gasteiger partial charge in [-0.2, -0.15) is 0 Å². The molecule has 0 spiro atoms. The SMILES string of the molecule is C=Cc1ccccc1OC.C=Cc1ccccc1OC.c1ccc(-c2ccccc2)cc1. The maximum atomic E-state index is 5.06. The highest BCUT2D eigenvalue weighted by Crippen LogP contribution is 2.18. The first-order chi connectivity index (χ1) is 15.7. The van der Waals surface area contributed by atoms with E-state index in [0.29, 0.717) is 0 Å². The number of rotatable bonds is 5. The first-order valence-electron chi connectivity index (χ1n) is 10.3. The van der Waals surface area contributed by atoms with Gasteiger partial charge in [-0.3, -0.25) is 0 Å². The summed E-state index contributed by atoms with van der Waals surface area (Å²) in [5.41, 5.74) is 4.62. The highest BCUT2D eigenvalue weighted by Gasteiger charge is 1.94. The molecule has 4 rings (SSSR count). The molecule has 0 amide bonds. The summed E-state index contributed by atoms with van der Waals surface area (Å²) in [6.07, 6.45) is 3.55. The zero-order chi connectivity index (χ0) is 23.0. The molecule has 0 aliphatic heterocycles. The highest BCUT2D eigenvalue weighted by molar-refractivity contribution is 5.62. The van der Waals surface area contributed by atoms with E-state index in [-0.39, 0.29) is 0 Å². The molecule has 0 aliphatic carbocycles. The Hall–Kier alpha value is -4.04.